The van der Waals surface area contributed by atoms with Gasteiger partial charge in [0.1, 0.15) is 36.8 Å². The second kappa shape index (κ2) is 17.8. The highest BCUT2D eigenvalue weighted by molar-refractivity contribution is 8.07. The number of amides is 1. The molecule has 0 spiro atoms. The Kier molecular flexibility index (Phi) is 12.9. The summed E-state index contributed by atoms with van der Waals surface area (Å²) in [5.41, 5.74) is -0.0499. The van der Waals surface area contributed by atoms with Crippen LogP contribution >= 0.6 is 13.4 Å². The minimum atomic E-state index is -4.35. The van der Waals surface area contributed by atoms with E-state index < -0.39 is 95.6 Å². The quantitative estimate of drug-likeness (QED) is 0.105. The SMILES string of the molecule is CC(C)(C)[Si](C)(C)OC1[C@H]2OP(O)(=S)OC[C@H]3O[C@@H](n4cnc5c(NC(=O)c6ccccc6)ncnc54)[C@H](F)[C@@H]3OP(=S)(OCCC#N)OC[C@H]1O[C@H]2n1cnc2c(=O)[nH]nnc21. The van der Waals surface area contributed by atoms with Crippen molar-refractivity contribution in [2.45, 2.75) is 94.5 Å². The third-order valence-corrected chi connectivity index (χ3v) is 19.4. The van der Waals surface area contributed by atoms with Gasteiger partial charge in [-0.1, -0.05) is 44.2 Å². The molecule has 10 atom stereocenters. The van der Waals surface area contributed by atoms with Gasteiger partial charge in [0.05, 0.1) is 45.0 Å². The molecule has 3 aliphatic rings. The molecule has 5 aromatic rings. The summed E-state index contributed by atoms with van der Waals surface area (Å²) in [4.78, 5) is 54.5. The molecule has 3 fully saturated rings. The van der Waals surface area contributed by atoms with E-state index in [1.807, 2.05) is 39.9 Å². The number of carbonyl (C=O) groups is 1. The molecule has 3 aliphatic heterocycles. The number of nitriles is 1. The molecule has 4 aromatic heterocycles. The van der Waals surface area contributed by atoms with E-state index in [-0.39, 0.29) is 46.2 Å². The van der Waals surface area contributed by atoms with Crippen LogP contribution in [0.4, 0.5) is 10.2 Å². The van der Waals surface area contributed by atoms with Gasteiger partial charge in [0.15, 0.2) is 55.1 Å². The molecule has 1 amide bonds. The van der Waals surface area contributed by atoms with Crippen molar-refractivity contribution >= 4 is 79.4 Å². The number of carbonyl (C=O) groups excluding carboxylic acids is 1. The van der Waals surface area contributed by atoms with Gasteiger partial charge in [-0.05, 0) is 53.9 Å². The fourth-order valence-corrected chi connectivity index (χ4v) is 11.7. The first kappa shape index (κ1) is 45.7. The van der Waals surface area contributed by atoms with E-state index in [1.54, 1.807) is 30.3 Å². The zero-order valence-electron chi connectivity index (χ0n) is 34.2. The second-order valence-electron chi connectivity index (χ2n) is 16.1. The van der Waals surface area contributed by atoms with Crippen LogP contribution in [0.3, 0.4) is 0 Å². The summed E-state index contributed by atoms with van der Waals surface area (Å²) >= 11 is 11.5. The van der Waals surface area contributed by atoms with Crippen LogP contribution in [-0.2, 0) is 60.1 Å². The molecule has 0 saturated carbocycles. The molecule has 22 nitrogen and oxygen atoms in total. The highest BCUT2D eigenvalue weighted by Gasteiger charge is 2.56. The number of aromatic amines is 1. The second-order valence-corrected chi connectivity index (χ2v) is 26.6. The van der Waals surface area contributed by atoms with Crippen molar-refractivity contribution in [3.8, 4) is 6.07 Å². The number of nitrogens with one attached hydrogen (secondary N) is 2. The highest BCUT2D eigenvalue weighted by atomic mass is 32.5. The van der Waals surface area contributed by atoms with Crippen molar-refractivity contribution in [1.82, 2.24) is 44.5 Å². The number of halogens is 1. The topological polar surface area (TPSA) is 267 Å². The average molecular weight is 966 g/mol. The van der Waals surface area contributed by atoms with Gasteiger partial charge in [0.2, 0.25) is 0 Å². The van der Waals surface area contributed by atoms with Crippen LogP contribution in [0.1, 0.15) is 50.0 Å². The maximum Gasteiger partial charge on any atom is 0.327 e. The standard InChI is InChI=1S/C35H42FN11O11P2S2Si/c1-35(2,3)63(4,5)58-26-21-15-53-60(62,51-13-9-12-37)57-25-20(14-52-59(50,61)56-27(26)34(55-21)47-18-41-24-30(47)43-45-44-32(24)49)54-33(22(25)36)46-17-40-23-28(38-16-39-29(23)46)42-31(48)19-10-7-6-8-11-19/h6-8,10-11,16-18,20-22,25-27,33-34H,9,13-15H2,1-5H3,(H,50,61)(H,43,44,49)(H,38,39,42,48)/t20-,21-,22-,25-,26?,27-,33-,34-,59?,60?/m1/s1. The van der Waals surface area contributed by atoms with E-state index >= 15 is 4.39 Å². The van der Waals surface area contributed by atoms with E-state index in [9.17, 15) is 19.7 Å². The predicted octanol–water partition coefficient (Wildman–Crippen LogP) is 4.32. The van der Waals surface area contributed by atoms with Gasteiger partial charge in [0.25, 0.3) is 11.5 Å². The first-order valence-corrected chi connectivity index (χ1v) is 27.5. The van der Waals surface area contributed by atoms with Gasteiger partial charge in [-0.15, -0.1) is 5.10 Å². The molecule has 3 N–H and O–H groups in total. The number of fused-ring (bicyclic) bond motifs is 5. The van der Waals surface area contributed by atoms with Gasteiger partial charge >= 0.3 is 13.4 Å². The lowest BCUT2D eigenvalue weighted by atomic mass is 10.1. The number of alkyl halides is 1. The minimum absolute atomic E-state index is 0.0248. The van der Waals surface area contributed by atoms with E-state index in [0.717, 1.165) is 0 Å². The number of rotatable bonds is 9. The number of aromatic nitrogens is 9. The Morgan fingerprint density at radius 2 is 1.71 bits per heavy atom. The molecule has 0 aliphatic carbocycles. The van der Waals surface area contributed by atoms with E-state index in [0.29, 0.717) is 5.56 Å². The Hall–Kier alpha value is -3.90. The lowest BCUT2D eigenvalue weighted by Crippen LogP contribution is -2.50. The Morgan fingerprint density at radius 3 is 2.44 bits per heavy atom. The van der Waals surface area contributed by atoms with Crippen molar-refractivity contribution in [2.24, 2.45) is 0 Å². The lowest BCUT2D eigenvalue weighted by Gasteiger charge is -2.41. The highest BCUT2D eigenvalue weighted by Crippen LogP contribution is 2.57. The summed E-state index contributed by atoms with van der Waals surface area (Å²) in [6, 6.07) is 10.4. The fourth-order valence-electron chi connectivity index (χ4n) is 6.85. The van der Waals surface area contributed by atoms with Gasteiger partial charge in [-0.2, -0.15) is 5.26 Å². The van der Waals surface area contributed by atoms with E-state index in [2.05, 4.69) is 40.7 Å². The summed E-state index contributed by atoms with van der Waals surface area (Å²) in [6.07, 6.45) is -7.46. The zero-order chi connectivity index (χ0) is 44.9. The Labute approximate surface area is 369 Å². The van der Waals surface area contributed by atoms with E-state index in [4.69, 9.17) is 60.1 Å². The van der Waals surface area contributed by atoms with Crippen molar-refractivity contribution in [1.29, 1.82) is 5.26 Å². The number of nitrogens with zero attached hydrogens (tertiary/aromatic N) is 9. The van der Waals surface area contributed by atoms with Crippen LogP contribution in [0.5, 0.6) is 0 Å². The Morgan fingerprint density at radius 1 is 1.02 bits per heavy atom. The maximum atomic E-state index is 17.1. The molecule has 1 aromatic carbocycles. The van der Waals surface area contributed by atoms with Crippen LogP contribution in [0.2, 0.25) is 18.1 Å². The summed E-state index contributed by atoms with van der Waals surface area (Å²) in [7, 11) is -2.72. The van der Waals surface area contributed by atoms with Gasteiger partial charge in [-0.3, -0.25) is 27.8 Å². The molecule has 0 radical (unpaired) electrons. The zero-order valence-corrected chi connectivity index (χ0v) is 38.6. The molecule has 63 heavy (non-hydrogen) atoms. The van der Waals surface area contributed by atoms with Crippen molar-refractivity contribution in [3.05, 3.63) is 65.2 Å². The van der Waals surface area contributed by atoms with E-state index in [1.165, 1.54) is 28.1 Å². The number of hydrogen-bond acceptors (Lipinski definition) is 19. The largest absolute Gasteiger partial charge is 0.408 e. The number of ether oxygens (including phenoxy) is 2. The van der Waals surface area contributed by atoms with Gasteiger partial charge in [-0.25, -0.2) is 29.4 Å². The summed E-state index contributed by atoms with van der Waals surface area (Å²) in [5, 5.41) is 21.7. The van der Waals surface area contributed by atoms with Crippen molar-refractivity contribution < 1.29 is 50.6 Å². The molecule has 8 rings (SSSR count). The van der Waals surface area contributed by atoms with Gasteiger partial charge in [0, 0.05) is 5.56 Å². The normalized spacial score (nSPS) is 30.6. The van der Waals surface area contributed by atoms with Crippen LogP contribution < -0.4 is 10.9 Å². The number of hydrogen-bond donors (Lipinski definition) is 3. The Balaban J connectivity index is 1.15. The third kappa shape index (κ3) is 9.31. The van der Waals surface area contributed by atoms with Crippen LogP contribution in [0, 0.1) is 11.3 Å². The van der Waals surface area contributed by atoms with Crippen LogP contribution in [-0.4, -0.2) is 120 Å². The summed E-state index contributed by atoms with van der Waals surface area (Å²) in [6.45, 7) is 0.448. The maximum absolute atomic E-state index is 17.1. The summed E-state index contributed by atoms with van der Waals surface area (Å²) < 4.78 is 70.4. The molecule has 3 saturated heterocycles. The summed E-state index contributed by atoms with van der Waals surface area (Å²) in [5.74, 6) is -0.400. The van der Waals surface area contributed by atoms with Gasteiger partial charge < -0.3 is 37.7 Å². The number of H-pyrrole nitrogens is 1. The van der Waals surface area contributed by atoms with Crippen LogP contribution in [0.25, 0.3) is 22.3 Å². The molecule has 7 heterocycles. The molecule has 3 unspecified atom stereocenters. The molecule has 336 valence electrons. The molecular formula is C35H42FN11O11P2S2Si. The third-order valence-electron chi connectivity index (χ3n) is 11.0. The fraction of sp³-hybridized carbons (Fsp3) is 0.514. The van der Waals surface area contributed by atoms with Crippen LogP contribution in [0.15, 0.2) is 54.1 Å². The Bertz CT molecular complexity index is 2710. The minimum Gasteiger partial charge on any atom is -0.408 e. The molecular weight excluding hydrogens is 924 g/mol. The smallest absolute Gasteiger partial charge is 0.327 e. The monoisotopic (exact) mass is 965 g/mol. The van der Waals surface area contributed by atoms with Crippen molar-refractivity contribution in [2.75, 3.05) is 25.1 Å². The molecule has 28 heteroatoms. The number of anilines is 1. The van der Waals surface area contributed by atoms with Crippen molar-refractivity contribution in [3.63, 3.8) is 0 Å². The number of imidazole rings is 2. The molecule has 2 bridgehead atoms. The predicted molar refractivity (Wildman–Crippen MR) is 229 cm³/mol. The average Bonchev–Trinajstić information content (AvgIpc) is 4.01. The first-order chi connectivity index (χ1) is 29.9. The lowest BCUT2D eigenvalue weighted by molar-refractivity contribution is -0.0613. The number of benzene rings is 1. The first-order valence-electron chi connectivity index (χ1n) is 19.4.